The monoisotopic (exact) mass is 275 g/mol. The predicted octanol–water partition coefficient (Wildman–Crippen LogP) is 1.91. The lowest BCUT2D eigenvalue weighted by Crippen LogP contribution is -2.26. The average Bonchev–Trinajstić information content (AvgIpc) is 2.26. The van der Waals surface area contributed by atoms with Crippen LogP contribution in [0.4, 0.5) is 4.39 Å². The minimum Gasteiger partial charge on any atom is -0.493 e. The minimum atomic E-state index is -3.50. The summed E-state index contributed by atoms with van der Waals surface area (Å²) in [5, 5.41) is 5.02. The van der Waals surface area contributed by atoms with Gasteiger partial charge in [0.15, 0.2) is 0 Å². The molecule has 0 bridgehead atoms. The number of nitrogens with two attached hydrogens (primary N) is 1. The van der Waals surface area contributed by atoms with Crippen LogP contribution in [0, 0.1) is 11.7 Å². The van der Waals surface area contributed by atoms with E-state index in [-0.39, 0.29) is 24.1 Å². The molecular formula is C12H18FNO3S. The third-order valence-electron chi connectivity index (χ3n) is 2.46. The largest absolute Gasteiger partial charge is 0.493 e. The number of sulfonamides is 1. The van der Waals surface area contributed by atoms with Gasteiger partial charge >= 0.3 is 0 Å². The molecule has 0 amide bonds. The lowest BCUT2D eigenvalue weighted by Gasteiger charge is -2.15. The second-order valence-electron chi connectivity index (χ2n) is 4.25. The van der Waals surface area contributed by atoms with Crippen LogP contribution in [0.25, 0.3) is 0 Å². The molecule has 1 aromatic rings. The number of hydrogen-bond acceptors (Lipinski definition) is 3. The van der Waals surface area contributed by atoms with Crippen molar-refractivity contribution in [2.45, 2.75) is 19.8 Å². The van der Waals surface area contributed by atoms with Crippen molar-refractivity contribution in [1.29, 1.82) is 0 Å². The summed E-state index contributed by atoms with van der Waals surface area (Å²) in [5.41, 5.74) is 0. The number of ether oxygens (including phenoxy) is 1. The van der Waals surface area contributed by atoms with Crippen molar-refractivity contribution in [2.75, 3.05) is 12.4 Å². The fourth-order valence-electron chi connectivity index (χ4n) is 1.70. The van der Waals surface area contributed by atoms with Gasteiger partial charge in [0.1, 0.15) is 11.6 Å². The van der Waals surface area contributed by atoms with Crippen LogP contribution in [0.5, 0.6) is 5.75 Å². The van der Waals surface area contributed by atoms with E-state index in [0.29, 0.717) is 5.75 Å². The van der Waals surface area contributed by atoms with Crippen LogP contribution in [0.1, 0.15) is 19.8 Å². The van der Waals surface area contributed by atoms with Gasteiger partial charge in [-0.05, 0) is 30.7 Å². The Labute approximate surface area is 107 Å². The zero-order valence-electron chi connectivity index (χ0n) is 10.3. The van der Waals surface area contributed by atoms with Crippen LogP contribution in [-0.2, 0) is 10.0 Å². The predicted molar refractivity (Wildman–Crippen MR) is 68.3 cm³/mol. The number of hydrogen-bond donors (Lipinski definition) is 1. The highest BCUT2D eigenvalue weighted by Gasteiger charge is 2.16. The van der Waals surface area contributed by atoms with Gasteiger partial charge in [0, 0.05) is 5.92 Å². The lowest BCUT2D eigenvalue weighted by molar-refractivity contribution is 0.252. The Morgan fingerprint density at radius 3 is 2.44 bits per heavy atom. The van der Waals surface area contributed by atoms with E-state index < -0.39 is 10.0 Å². The molecule has 102 valence electrons. The molecule has 1 unspecified atom stereocenters. The Kier molecular flexibility index (Phi) is 5.55. The highest BCUT2D eigenvalue weighted by Crippen LogP contribution is 2.15. The second-order valence-corrected chi connectivity index (χ2v) is 5.91. The molecule has 0 saturated heterocycles. The number of primary sulfonamides is 1. The number of halogens is 1. The Morgan fingerprint density at radius 1 is 1.33 bits per heavy atom. The molecule has 2 N–H and O–H groups in total. The van der Waals surface area contributed by atoms with Crippen molar-refractivity contribution in [2.24, 2.45) is 11.1 Å². The van der Waals surface area contributed by atoms with E-state index in [1.807, 2.05) is 6.92 Å². The Morgan fingerprint density at radius 2 is 1.94 bits per heavy atom. The van der Waals surface area contributed by atoms with Crippen molar-refractivity contribution >= 4 is 10.0 Å². The molecule has 0 radical (unpaired) electrons. The van der Waals surface area contributed by atoms with Crippen molar-refractivity contribution in [3.63, 3.8) is 0 Å². The summed E-state index contributed by atoms with van der Waals surface area (Å²) in [4.78, 5) is 0. The first-order chi connectivity index (χ1) is 8.40. The Bertz CT molecular complexity index is 459. The van der Waals surface area contributed by atoms with E-state index >= 15 is 0 Å². The molecule has 1 aromatic carbocycles. The first kappa shape index (κ1) is 14.9. The smallest absolute Gasteiger partial charge is 0.209 e. The zero-order chi connectivity index (χ0) is 13.6. The third-order valence-corrected chi connectivity index (χ3v) is 3.40. The van der Waals surface area contributed by atoms with Crippen LogP contribution < -0.4 is 9.88 Å². The molecule has 0 heterocycles. The topological polar surface area (TPSA) is 69.4 Å². The van der Waals surface area contributed by atoms with Crippen LogP contribution in [-0.4, -0.2) is 20.8 Å². The zero-order valence-corrected chi connectivity index (χ0v) is 11.1. The summed E-state index contributed by atoms with van der Waals surface area (Å²) < 4.78 is 40.2. The lowest BCUT2D eigenvalue weighted by atomic mass is 10.1. The van der Waals surface area contributed by atoms with Crippen molar-refractivity contribution in [3.8, 4) is 5.75 Å². The molecular weight excluding hydrogens is 257 g/mol. The molecule has 0 aliphatic carbocycles. The molecule has 1 atom stereocenters. The molecule has 18 heavy (non-hydrogen) atoms. The third kappa shape index (κ3) is 5.97. The van der Waals surface area contributed by atoms with E-state index in [1.165, 1.54) is 24.3 Å². The Hall–Kier alpha value is -1.14. The van der Waals surface area contributed by atoms with Crippen molar-refractivity contribution < 1.29 is 17.5 Å². The van der Waals surface area contributed by atoms with Gasteiger partial charge in [-0.25, -0.2) is 17.9 Å². The maximum atomic E-state index is 12.7. The van der Waals surface area contributed by atoms with Gasteiger partial charge in [0.2, 0.25) is 10.0 Å². The normalized spacial score (nSPS) is 13.3. The van der Waals surface area contributed by atoms with Gasteiger partial charge in [0.25, 0.3) is 0 Å². The maximum Gasteiger partial charge on any atom is 0.209 e. The van der Waals surface area contributed by atoms with Gasteiger partial charge < -0.3 is 4.74 Å². The quantitative estimate of drug-likeness (QED) is 0.826. The molecule has 0 saturated carbocycles. The minimum absolute atomic E-state index is 0.0952. The maximum absolute atomic E-state index is 12.7. The van der Waals surface area contributed by atoms with E-state index in [9.17, 15) is 12.8 Å². The fourth-order valence-corrected chi connectivity index (χ4v) is 2.62. The molecule has 0 aliphatic rings. The molecule has 0 fully saturated rings. The summed E-state index contributed by atoms with van der Waals surface area (Å²) in [7, 11) is -3.50. The van der Waals surface area contributed by atoms with Crippen LogP contribution in [0.2, 0.25) is 0 Å². The summed E-state index contributed by atoms with van der Waals surface area (Å²) >= 11 is 0. The molecule has 6 heteroatoms. The molecule has 1 rings (SSSR count). The van der Waals surface area contributed by atoms with E-state index in [2.05, 4.69) is 0 Å². The summed E-state index contributed by atoms with van der Waals surface area (Å²) in [6, 6.07) is 5.61. The number of benzene rings is 1. The number of rotatable bonds is 7. The fraction of sp³-hybridized carbons (Fsp3) is 0.500. The van der Waals surface area contributed by atoms with E-state index in [4.69, 9.17) is 9.88 Å². The van der Waals surface area contributed by atoms with Gasteiger partial charge in [0.05, 0.1) is 12.4 Å². The SMILES string of the molecule is CCCC(COc1ccc(F)cc1)CS(N)(=O)=O. The van der Waals surface area contributed by atoms with E-state index in [0.717, 1.165) is 12.8 Å². The first-order valence-corrected chi connectivity index (χ1v) is 7.51. The Balaban J connectivity index is 2.54. The summed E-state index contributed by atoms with van der Waals surface area (Å²) in [6.45, 7) is 2.23. The van der Waals surface area contributed by atoms with Crippen LogP contribution in [0.3, 0.4) is 0 Å². The van der Waals surface area contributed by atoms with Gasteiger partial charge in [-0.15, -0.1) is 0 Å². The van der Waals surface area contributed by atoms with Crippen molar-refractivity contribution in [3.05, 3.63) is 30.1 Å². The van der Waals surface area contributed by atoms with E-state index in [1.54, 1.807) is 0 Å². The molecule has 0 aliphatic heterocycles. The molecule has 0 spiro atoms. The second kappa shape index (κ2) is 6.70. The molecule has 0 aromatic heterocycles. The summed E-state index contributed by atoms with van der Waals surface area (Å²) in [5.74, 6) is -0.0545. The highest BCUT2D eigenvalue weighted by molar-refractivity contribution is 7.89. The first-order valence-electron chi connectivity index (χ1n) is 5.79. The van der Waals surface area contributed by atoms with Crippen LogP contribution in [0.15, 0.2) is 24.3 Å². The van der Waals surface area contributed by atoms with Crippen molar-refractivity contribution in [1.82, 2.24) is 0 Å². The summed E-state index contributed by atoms with van der Waals surface area (Å²) in [6.07, 6.45) is 1.57. The standard InChI is InChI=1S/C12H18FNO3S/c1-2-3-10(9-18(14,15)16)8-17-12-6-4-11(13)5-7-12/h4-7,10H,2-3,8-9H2,1H3,(H2,14,15,16). The highest BCUT2D eigenvalue weighted by atomic mass is 32.2. The molecule has 4 nitrogen and oxygen atoms in total. The van der Waals surface area contributed by atoms with Gasteiger partial charge in [-0.1, -0.05) is 13.3 Å². The average molecular weight is 275 g/mol. The van der Waals surface area contributed by atoms with Gasteiger partial charge in [-0.3, -0.25) is 0 Å². The van der Waals surface area contributed by atoms with Crippen LogP contribution >= 0.6 is 0 Å². The van der Waals surface area contributed by atoms with Gasteiger partial charge in [-0.2, -0.15) is 0 Å².